The van der Waals surface area contributed by atoms with Crippen molar-refractivity contribution in [3.63, 3.8) is 0 Å². The summed E-state index contributed by atoms with van der Waals surface area (Å²) < 4.78 is 26.5. The Morgan fingerprint density at radius 2 is 1.97 bits per heavy atom. The number of methoxy groups -OCH3 is 1. The van der Waals surface area contributed by atoms with E-state index < -0.39 is 6.23 Å². The van der Waals surface area contributed by atoms with Crippen LogP contribution in [-0.4, -0.2) is 17.8 Å². The number of hydrazone groups is 1. The van der Waals surface area contributed by atoms with Crippen LogP contribution in [0.2, 0.25) is 0 Å². The third kappa shape index (κ3) is 3.27. The normalized spacial score (nSPS) is 19.8. The molecule has 0 unspecified atom stereocenters. The van der Waals surface area contributed by atoms with Crippen molar-refractivity contribution < 1.29 is 13.9 Å². The highest BCUT2D eigenvalue weighted by Crippen LogP contribution is 2.48. The second-order valence-electron chi connectivity index (χ2n) is 7.09. The van der Waals surface area contributed by atoms with Gasteiger partial charge in [-0.05, 0) is 42.5 Å². The number of hydrogen-bond acceptors (Lipinski definition) is 4. The van der Waals surface area contributed by atoms with Crippen LogP contribution in [0, 0.1) is 5.82 Å². The smallest absolute Gasteiger partial charge is 0.213 e. The average Bonchev–Trinajstić information content (AvgIpc) is 3.19. The van der Waals surface area contributed by atoms with E-state index >= 15 is 0 Å². The number of rotatable bonds is 3. The molecule has 0 aromatic heterocycles. The zero-order valence-corrected chi connectivity index (χ0v) is 17.3. The van der Waals surface area contributed by atoms with Crippen LogP contribution in [-0.2, 0) is 0 Å². The molecule has 4 nitrogen and oxygen atoms in total. The molecule has 0 saturated carbocycles. The molecule has 3 aromatic rings. The molecule has 0 spiro atoms. The summed E-state index contributed by atoms with van der Waals surface area (Å²) in [6.45, 7) is 0. The van der Waals surface area contributed by atoms with Gasteiger partial charge in [-0.3, -0.25) is 0 Å². The van der Waals surface area contributed by atoms with E-state index in [4.69, 9.17) is 14.6 Å². The minimum absolute atomic E-state index is 0.00529. The van der Waals surface area contributed by atoms with Crippen LogP contribution in [0.15, 0.2) is 76.3 Å². The highest BCUT2D eigenvalue weighted by Gasteiger charge is 2.41. The van der Waals surface area contributed by atoms with E-state index in [1.807, 2.05) is 47.5 Å². The maximum absolute atomic E-state index is 13.9. The highest BCUT2D eigenvalue weighted by molar-refractivity contribution is 9.10. The van der Waals surface area contributed by atoms with Crippen molar-refractivity contribution in [2.75, 3.05) is 7.11 Å². The summed E-state index contributed by atoms with van der Waals surface area (Å²) in [6.07, 6.45) is 0.235. The first-order valence-electron chi connectivity index (χ1n) is 9.34. The van der Waals surface area contributed by atoms with E-state index in [0.29, 0.717) is 0 Å². The Kier molecular flexibility index (Phi) is 4.51. The predicted octanol–water partition coefficient (Wildman–Crippen LogP) is 5.84. The number of benzene rings is 3. The largest absolute Gasteiger partial charge is 0.497 e. The molecule has 3 aromatic carbocycles. The highest BCUT2D eigenvalue weighted by atomic mass is 79.9. The topological polar surface area (TPSA) is 34.1 Å². The fraction of sp³-hybridized carbons (Fsp3) is 0.174. The summed E-state index contributed by atoms with van der Waals surface area (Å²) >= 11 is 3.56. The lowest BCUT2D eigenvalue weighted by Gasteiger charge is -2.38. The number of hydrogen-bond donors (Lipinski definition) is 0. The van der Waals surface area contributed by atoms with Crippen molar-refractivity contribution in [2.24, 2.45) is 5.10 Å². The van der Waals surface area contributed by atoms with Gasteiger partial charge in [-0.15, -0.1) is 0 Å². The van der Waals surface area contributed by atoms with Gasteiger partial charge in [0.25, 0.3) is 0 Å². The first kappa shape index (κ1) is 18.2. The van der Waals surface area contributed by atoms with Crippen LogP contribution in [0.5, 0.6) is 11.5 Å². The molecule has 2 aliphatic rings. The molecule has 2 heterocycles. The average molecular weight is 453 g/mol. The summed E-state index contributed by atoms with van der Waals surface area (Å²) in [5.74, 6) is 1.29. The Bertz CT molecular complexity index is 1120. The van der Waals surface area contributed by atoms with Crippen molar-refractivity contribution in [3.8, 4) is 11.5 Å². The minimum Gasteiger partial charge on any atom is -0.497 e. The van der Waals surface area contributed by atoms with E-state index in [9.17, 15) is 4.39 Å². The van der Waals surface area contributed by atoms with Gasteiger partial charge in [0.05, 0.1) is 18.9 Å². The Labute approximate surface area is 176 Å². The summed E-state index contributed by atoms with van der Waals surface area (Å²) in [5, 5.41) is 6.85. The lowest BCUT2D eigenvalue weighted by Crippen LogP contribution is -2.33. The molecule has 0 radical (unpaired) electrons. The fourth-order valence-corrected chi connectivity index (χ4v) is 4.29. The van der Waals surface area contributed by atoms with E-state index in [-0.39, 0.29) is 11.9 Å². The molecule has 0 saturated heterocycles. The van der Waals surface area contributed by atoms with Gasteiger partial charge in [0.15, 0.2) is 0 Å². The van der Waals surface area contributed by atoms with Gasteiger partial charge in [-0.25, -0.2) is 9.40 Å². The van der Waals surface area contributed by atoms with Crippen LogP contribution in [0.1, 0.15) is 35.4 Å². The number of ether oxygens (including phenoxy) is 2. The summed E-state index contributed by atoms with van der Waals surface area (Å²) in [6, 6.07) is 20.4. The number of halogens is 2. The fourth-order valence-electron chi connectivity index (χ4n) is 3.92. The molecule has 29 heavy (non-hydrogen) atoms. The van der Waals surface area contributed by atoms with Crippen LogP contribution in [0.3, 0.4) is 0 Å². The molecular weight excluding hydrogens is 435 g/mol. The molecular formula is C23H18BrFN2O2. The third-order valence-corrected chi connectivity index (χ3v) is 5.78. The first-order chi connectivity index (χ1) is 14.1. The lowest BCUT2D eigenvalue weighted by atomic mass is 9.96. The van der Waals surface area contributed by atoms with E-state index in [0.717, 1.165) is 44.8 Å². The predicted molar refractivity (Wildman–Crippen MR) is 113 cm³/mol. The Morgan fingerprint density at radius 1 is 1.10 bits per heavy atom. The van der Waals surface area contributed by atoms with Gasteiger partial charge >= 0.3 is 0 Å². The summed E-state index contributed by atoms with van der Waals surface area (Å²) in [5.41, 5.74) is 3.76. The second-order valence-corrected chi connectivity index (χ2v) is 8.00. The zero-order chi connectivity index (χ0) is 20.0. The van der Waals surface area contributed by atoms with Gasteiger partial charge in [0.2, 0.25) is 6.23 Å². The Balaban J connectivity index is 1.60. The van der Waals surface area contributed by atoms with Gasteiger partial charge in [0, 0.05) is 27.6 Å². The molecule has 0 bridgehead atoms. The monoisotopic (exact) mass is 452 g/mol. The van der Waals surface area contributed by atoms with Crippen molar-refractivity contribution in [1.29, 1.82) is 0 Å². The van der Waals surface area contributed by atoms with Gasteiger partial charge in [0.1, 0.15) is 17.3 Å². The molecule has 5 rings (SSSR count). The third-order valence-electron chi connectivity index (χ3n) is 5.29. The van der Waals surface area contributed by atoms with Crippen LogP contribution < -0.4 is 9.47 Å². The lowest BCUT2D eigenvalue weighted by molar-refractivity contribution is -0.0192. The summed E-state index contributed by atoms with van der Waals surface area (Å²) in [4.78, 5) is 0. The van der Waals surface area contributed by atoms with Crippen LogP contribution >= 0.6 is 15.9 Å². The standard InChI is InChI=1S/C23H18BrFN2O2/c1-28-18-7-3-4-14(11-18)20-13-21-19-12-16(24)8-9-22(19)29-23(27(21)26-20)15-5-2-6-17(25)10-15/h2-12,21,23H,13H2,1H3/t21-,23+/m0/s1. The molecule has 2 atom stereocenters. The Hall–Kier alpha value is -2.86. The summed E-state index contributed by atoms with van der Waals surface area (Å²) in [7, 11) is 1.65. The molecule has 0 N–H and O–H groups in total. The molecule has 2 aliphatic heterocycles. The van der Waals surface area contributed by atoms with Crippen molar-refractivity contribution in [3.05, 3.63) is 93.7 Å². The molecule has 0 aliphatic carbocycles. The maximum atomic E-state index is 13.9. The van der Waals surface area contributed by atoms with Crippen LogP contribution in [0.25, 0.3) is 0 Å². The van der Waals surface area contributed by atoms with E-state index in [1.54, 1.807) is 13.2 Å². The van der Waals surface area contributed by atoms with Gasteiger partial charge in [-0.1, -0.05) is 40.2 Å². The van der Waals surface area contributed by atoms with E-state index in [1.165, 1.54) is 12.1 Å². The minimum atomic E-state index is -0.493. The Morgan fingerprint density at radius 3 is 2.79 bits per heavy atom. The second kappa shape index (κ2) is 7.19. The van der Waals surface area contributed by atoms with Crippen LogP contribution in [0.4, 0.5) is 4.39 Å². The molecule has 0 fully saturated rings. The van der Waals surface area contributed by atoms with Gasteiger partial charge in [-0.2, -0.15) is 5.10 Å². The van der Waals surface area contributed by atoms with E-state index in [2.05, 4.69) is 22.0 Å². The maximum Gasteiger partial charge on any atom is 0.213 e. The van der Waals surface area contributed by atoms with Crippen molar-refractivity contribution in [1.82, 2.24) is 5.01 Å². The number of fused-ring (bicyclic) bond motifs is 3. The SMILES string of the molecule is COc1cccc(C2=NN3[C@@H](c4cccc(F)c4)Oc4ccc(Br)cc4[C@@H]3C2)c1. The molecule has 146 valence electrons. The number of nitrogens with zero attached hydrogens (tertiary/aromatic N) is 2. The quantitative estimate of drug-likeness (QED) is 0.500. The first-order valence-corrected chi connectivity index (χ1v) is 10.1. The molecule has 0 amide bonds. The zero-order valence-electron chi connectivity index (χ0n) is 15.7. The van der Waals surface area contributed by atoms with Gasteiger partial charge < -0.3 is 9.47 Å². The van der Waals surface area contributed by atoms with Crippen molar-refractivity contribution >= 4 is 21.6 Å². The van der Waals surface area contributed by atoms with Crippen molar-refractivity contribution in [2.45, 2.75) is 18.7 Å². The molecule has 6 heteroatoms.